The van der Waals surface area contributed by atoms with Gasteiger partial charge in [-0.2, -0.15) is 0 Å². The number of carbonyl (C=O) groups excluding carboxylic acids is 3. The van der Waals surface area contributed by atoms with Crippen molar-refractivity contribution in [1.82, 2.24) is 4.90 Å². The van der Waals surface area contributed by atoms with Crippen LogP contribution in [0.5, 0.6) is 0 Å². The van der Waals surface area contributed by atoms with Gasteiger partial charge in [0.15, 0.2) is 0 Å². The van der Waals surface area contributed by atoms with Gasteiger partial charge in [-0.25, -0.2) is 4.39 Å². The molecular formula is C20H20Cl2FN3O3. The number of carbonyl (C=O) groups is 3. The largest absolute Gasteiger partial charge is 0.329 e. The quantitative estimate of drug-likeness (QED) is 0.662. The number of rotatable bonds is 7. The maximum atomic E-state index is 13.8. The third kappa shape index (κ3) is 6.44. The highest BCUT2D eigenvalue weighted by molar-refractivity contribution is 6.36. The van der Waals surface area contributed by atoms with Gasteiger partial charge in [-0.3, -0.25) is 14.4 Å². The van der Waals surface area contributed by atoms with Crippen LogP contribution in [0.1, 0.15) is 30.6 Å². The molecule has 2 aromatic carbocycles. The summed E-state index contributed by atoms with van der Waals surface area (Å²) in [5.74, 6) is -2.02. The van der Waals surface area contributed by atoms with Gasteiger partial charge in [-0.15, -0.1) is 0 Å². The molecule has 0 fully saturated rings. The standard InChI is InChI=1S/C20H20Cl2FN3O3/c1-3-8-26(11-19(28)25-17-7-5-14(21)10-15(17)22)20(29)13-4-6-16(23)18(9-13)24-12(2)27/h4-7,9-10H,3,8,11H2,1-2H3,(H,24,27)(H,25,28). The van der Waals surface area contributed by atoms with E-state index in [9.17, 15) is 18.8 Å². The van der Waals surface area contributed by atoms with Crippen LogP contribution in [0.25, 0.3) is 0 Å². The number of anilines is 2. The highest BCUT2D eigenvalue weighted by Gasteiger charge is 2.20. The molecule has 2 N–H and O–H groups in total. The summed E-state index contributed by atoms with van der Waals surface area (Å²) in [4.78, 5) is 37.8. The van der Waals surface area contributed by atoms with Crippen molar-refractivity contribution in [1.29, 1.82) is 0 Å². The monoisotopic (exact) mass is 439 g/mol. The number of nitrogens with zero attached hydrogens (tertiary/aromatic N) is 1. The number of hydrogen-bond donors (Lipinski definition) is 2. The average molecular weight is 440 g/mol. The second-order valence-electron chi connectivity index (χ2n) is 6.27. The Bertz CT molecular complexity index is 937. The Balaban J connectivity index is 2.16. The minimum atomic E-state index is -0.658. The Hall–Kier alpha value is -2.64. The third-order valence-electron chi connectivity index (χ3n) is 3.84. The van der Waals surface area contributed by atoms with E-state index >= 15 is 0 Å². The summed E-state index contributed by atoms with van der Waals surface area (Å²) in [5.41, 5.74) is 0.429. The highest BCUT2D eigenvalue weighted by Crippen LogP contribution is 2.25. The van der Waals surface area contributed by atoms with Gasteiger partial charge in [0.2, 0.25) is 11.8 Å². The van der Waals surface area contributed by atoms with E-state index in [1.807, 2.05) is 6.92 Å². The molecule has 0 aliphatic carbocycles. The number of benzene rings is 2. The Labute approximate surface area is 178 Å². The van der Waals surface area contributed by atoms with Gasteiger partial charge in [0.25, 0.3) is 5.91 Å². The van der Waals surface area contributed by atoms with Gasteiger partial charge in [0.05, 0.1) is 16.4 Å². The number of hydrogen-bond acceptors (Lipinski definition) is 3. The topological polar surface area (TPSA) is 78.5 Å². The van der Waals surface area contributed by atoms with E-state index in [0.717, 1.165) is 6.07 Å². The van der Waals surface area contributed by atoms with Crippen LogP contribution >= 0.6 is 23.2 Å². The van der Waals surface area contributed by atoms with Crippen molar-refractivity contribution in [2.45, 2.75) is 20.3 Å². The van der Waals surface area contributed by atoms with Crippen LogP contribution in [0.15, 0.2) is 36.4 Å². The lowest BCUT2D eigenvalue weighted by atomic mass is 10.1. The summed E-state index contributed by atoms with van der Waals surface area (Å²) in [6.45, 7) is 3.19. The van der Waals surface area contributed by atoms with Gasteiger partial charge >= 0.3 is 0 Å². The van der Waals surface area contributed by atoms with E-state index < -0.39 is 23.5 Å². The normalized spacial score (nSPS) is 10.4. The molecule has 29 heavy (non-hydrogen) atoms. The van der Waals surface area contributed by atoms with E-state index in [4.69, 9.17) is 23.2 Å². The summed E-state index contributed by atoms with van der Waals surface area (Å²) in [6.07, 6.45) is 0.612. The second kappa shape index (κ2) is 10.2. The molecule has 0 spiro atoms. The van der Waals surface area contributed by atoms with Crippen molar-refractivity contribution in [3.05, 3.63) is 57.8 Å². The van der Waals surface area contributed by atoms with E-state index in [2.05, 4.69) is 10.6 Å². The molecule has 0 saturated heterocycles. The average Bonchev–Trinajstić information content (AvgIpc) is 2.64. The lowest BCUT2D eigenvalue weighted by Crippen LogP contribution is -2.38. The maximum absolute atomic E-state index is 13.8. The molecule has 0 unspecified atom stereocenters. The lowest BCUT2D eigenvalue weighted by Gasteiger charge is -2.22. The van der Waals surface area contributed by atoms with Crippen molar-refractivity contribution in [2.24, 2.45) is 0 Å². The highest BCUT2D eigenvalue weighted by atomic mass is 35.5. The summed E-state index contributed by atoms with van der Waals surface area (Å²) >= 11 is 11.9. The summed E-state index contributed by atoms with van der Waals surface area (Å²) in [6, 6.07) is 8.29. The Morgan fingerprint density at radius 3 is 2.38 bits per heavy atom. The molecule has 0 atom stereocenters. The van der Waals surface area contributed by atoms with Crippen molar-refractivity contribution in [2.75, 3.05) is 23.7 Å². The fraction of sp³-hybridized carbons (Fsp3) is 0.250. The molecule has 0 radical (unpaired) electrons. The van der Waals surface area contributed by atoms with E-state index in [0.29, 0.717) is 23.7 Å². The van der Waals surface area contributed by atoms with Gasteiger partial charge in [-0.1, -0.05) is 30.1 Å². The molecule has 0 bridgehead atoms. The minimum Gasteiger partial charge on any atom is -0.329 e. The van der Waals surface area contributed by atoms with Crippen LogP contribution < -0.4 is 10.6 Å². The summed E-state index contributed by atoms with van der Waals surface area (Å²) in [7, 11) is 0. The van der Waals surface area contributed by atoms with Crippen molar-refractivity contribution < 1.29 is 18.8 Å². The first kappa shape index (κ1) is 22.6. The van der Waals surface area contributed by atoms with E-state index in [1.54, 1.807) is 12.1 Å². The molecule has 154 valence electrons. The predicted octanol–water partition coefficient (Wildman–Crippen LogP) is 4.58. The first-order valence-electron chi connectivity index (χ1n) is 8.82. The van der Waals surface area contributed by atoms with Gasteiger partial charge in [0.1, 0.15) is 12.4 Å². The molecule has 0 aliphatic rings. The van der Waals surface area contributed by atoms with Crippen LogP contribution in [0.3, 0.4) is 0 Å². The van der Waals surface area contributed by atoms with Crippen molar-refractivity contribution in [3.8, 4) is 0 Å². The first-order valence-corrected chi connectivity index (χ1v) is 9.58. The van der Waals surface area contributed by atoms with Crippen LogP contribution in [0.4, 0.5) is 15.8 Å². The van der Waals surface area contributed by atoms with Crippen LogP contribution in [0, 0.1) is 5.82 Å². The zero-order valence-electron chi connectivity index (χ0n) is 15.9. The number of halogens is 3. The SMILES string of the molecule is CCCN(CC(=O)Nc1ccc(Cl)cc1Cl)C(=O)c1ccc(F)c(NC(C)=O)c1. The second-order valence-corrected chi connectivity index (χ2v) is 7.12. The predicted molar refractivity (Wildman–Crippen MR) is 112 cm³/mol. The first-order chi connectivity index (χ1) is 13.7. The lowest BCUT2D eigenvalue weighted by molar-refractivity contribution is -0.117. The van der Waals surface area contributed by atoms with Crippen molar-refractivity contribution >= 4 is 52.3 Å². The molecule has 0 saturated carbocycles. The number of nitrogens with one attached hydrogen (secondary N) is 2. The van der Waals surface area contributed by atoms with E-state index in [1.165, 1.54) is 30.0 Å². The zero-order valence-corrected chi connectivity index (χ0v) is 17.4. The molecule has 0 heterocycles. The maximum Gasteiger partial charge on any atom is 0.254 e. The Kier molecular flexibility index (Phi) is 7.99. The molecule has 3 amide bonds. The Morgan fingerprint density at radius 2 is 1.76 bits per heavy atom. The fourth-order valence-corrected chi connectivity index (χ4v) is 3.06. The number of amides is 3. The van der Waals surface area contributed by atoms with Gasteiger partial charge in [-0.05, 0) is 42.8 Å². The van der Waals surface area contributed by atoms with Gasteiger partial charge < -0.3 is 15.5 Å². The third-order valence-corrected chi connectivity index (χ3v) is 4.39. The fourth-order valence-electron chi connectivity index (χ4n) is 2.60. The molecule has 9 heteroatoms. The molecule has 0 aromatic heterocycles. The summed E-state index contributed by atoms with van der Waals surface area (Å²) in [5, 5.41) is 5.68. The van der Waals surface area contributed by atoms with Gasteiger partial charge in [0, 0.05) is 24.1 Å². The smallest absolute Gasteiger partial charge is 0.254 e. The molecule has 2 rings (SSSR count). The molecule has 6 nitrogen and oxygen atoms in total. The van der Waals surface area contributed by atoms with Crippen LogP contribution in [-0.2, 0) is 9.59 Å². The van der Waals surface area contributed by atoms with Crippen LogP contribution in [0.2, 0.25) is 10.0 Å². The van der Waals surface area contributed by atoms with Crippen LogP contribution in [-0.4, -0.2) is 35.7 Å². The Morgan fingerprint density at radius 1 is 1.03 bits per heavy atom. The zero-order chi connectivity index (χ0) is 21.6. The molecule has 2 aromatic rings. The van der Waals surface area contributed by atoms with E-state index in [-0.39, 0.29) is 22.8 Å². The van der Waals surface area contributed by atoms with Crippen molar-refractivity contribution in [3.63, 3.8) is 0 Å². The molecular weight excluding hydrogens is 420 g/mol. The minimum absolute atomic E-state index is 0.0998. The molecule has 0 aliphatic heterocycles. The summed E-state index contributed by atoms with van der Waals surface area (Å²) < 4.78 is 13.8.